The number of allylic oxidation sites excluding steroid dienone is 7. The second kappa shape index (κ2) is 12.4. The van der Waals surface area contributed by atoms with E-state index in [1.807, 2.05) is 37.4 Å². The molecule has 0 aromatic rings. The molecule has 0 radical (unpaired) electrons. The van der Waals surface area contributed by atoms with E-state index in [9.17, 15) is 5.11 Å². The number of hydrogen-bond acceptors (Lipinski definition) is 4. The third-order valence-corrected chi connectivity index (χ3v) is 5.20. The molecule has 0 aliphatic carbocycles. The summed E-state index contributed by atoms with van der Waals surface area (Å²) in [7, 11) is 0. The fraction of sp³-hybridized carbons (Fsp3) is 0.458. The van der Waals surface area contributed by atoms with Crippen LogP contribution >= 0.6 is 0 Å². The zero-order chi connectivity index (χ0) is 20.2. The molecule has 4 heteroatoms. The van der Waals surface area contributed by atoms with Gasteiger partial charge in [-0.25, -0.2) is 0 Å². The van der Waals surface area contributed by atoms with Gasteiger partial charge in [0.15, 0.2) is 0 Å². The minimum Gasteiger partial charge on any atom is -0.374 e. The lowest BCUT2D eigenvalue weighted by Crippen LogP contribution is -2.44. The Morgan fingerprint density at radius 3 is 3.04 bits per heavy atom. The van der Waals surface area contributed by atoms with Crippen LogP contribution in [0.25, 0.3) is 0 Å². The fourth-order valence-electron chi connectivity index (χ4n) is 3.53. The second-order valence-electron chi connectivity index (χ2n) is 7.34. The number of rotatable bonds is 8. The number of aliphatic hydroxyl groups excluding tert-OH is 1. The van der Waals surface area contributed by atoms with Crippen molar-refractivity contribution in [1.82, 2.24) is 10.6 Å². The van der Waals surface area contributed by atoms with Crippen molar-refractivity contribution in [2.45, 2.75) is 51.8 Å². The molecular weight excluding hydrogens is 346 g/mol. The lowest BCUT2D eigenvalue weighted by atomic mass is 9.91. The van der Waals surface area contributed by atoms with Crippen LogP contribution < -0.4 is 10.6 Å². The number of hydrogen-bond donors (Lipinski definition) is 3. The van der Waals surface area contributed by atoms with E-state index in [-0.39, 0.29) is 6.04 Å². The molecule has 0 saturated carbocycles. The lowest BCUT2D eigenvalue weighted by molar-refractivity contribution is 0.144. The maximum atomic E-state index is 11.0. The van der Waals surface area contributed by atoms with Crippen molar-refractivity contribution < 1.29 is 5.11 Å². The minimum absolute atomic E-state index is 0.219. The van der Waals surface area contributed by atoms with E-state index in [1.165, 1.54) is 5.57 Å². The molecule has 0 spiro atoms. The summed E-state index contributed by atoms with van der Waals surface area (Å²) < 4.78 is 0. The van der Waals surface area contributed by atoms with E-state index in [1.54, 1.807) is 6.20 Å². The topological polar surface area (TPSA) is 56.7 Å². The van der Waals surface area contributed by atoms with Crippen molar-refractivity contribution in [3.05, 3.63) is 72.0 Å². The molecule has 3 atom stereocenters. The normalized spacial score (nSPS) is 28.5. The van der Waals surface area contributed by atoms with Crippen molar-refractivity contribution in [1.29, 1.82) is 0 Å². The van der Waals surface area contributed by atoms with Crippen LogP contribution in [0.3, 0.4) is 0 Å². The number of aliphatic hydroxyl groups is 1. The summed E-state index contributed by atoms with van der Waals surface area (Å²) in [6, 6.07) is 0.219. The van der Waals surface area contributed by atoms with Gasteiger partial charge in [-0.1, -0.05) is 49.5 Å². The van der Waals surface area contributed by atoms with Crippen LogP contribution in [-0.4, -0.2) is 36.7 Å². The van der Waals surface area contributed by atoms with Crippen LogP contribution in [0, 0.1) is 5.92 Å². The van der Waals surface area contributed by atoms with Gasteiger partial charge < -0.3 is 10.4 Å². The summed E-state index contributed by atoms with van der Waals surface area (Å²) in [6.07, 6.45) is 20.8. The van der Waals surface area contributed by atoms with Crippen LogP contribution in [0.5, 0.6) is 0 Å². The Kier molecular flexibility index (Phi) is 9.91. The molecule has 1 unspecified atom stereocenters. The van der Waals surface area contributed by atoms with Gasteiger partial charge in [0, 0.05) is 24.9 Å². The average molecular weight is 382 g/mol. The molecule has 152 valence electrons. The van der Waals surface area contributed by atoms with E-state index in [0.29, 0.717) is 5.92 Å². The highest BCUT2D eigenvalue weighted by molar-refractivity contribution is 5.61. The van der Waals surface area contributed by atoms with Crippen molar-refractivity contribution in [2.24, 2.45) is 10.9 Å². The summed E-state index contributed by atoms with van der Waals surface area (Å²) >= 11 is 0. The first kappa shape index (κ1) is 22.3. The summed E-state index contributed by atoms with van der Waals surface area (Å²) in [5.74, 6) is 0.509. The molecule has 3 N–H and O–H groups in total. The first-order valence-electron chi connectivity index (χ1n) is 10.3. The van der Waals surface area contributed by atoms with Crippen molar-refractivity contribution in [3.8, 4) is 0 Å². The van der Waals surface area contributed by atoms with Crippen LogP contribution in [0.15, 0.2) is 77.0 Å². The van der Waals surface area contributed by atoms with E-state index >= 15 is 0 Å². The third kappa shape index (κ3) is 7.55. The number of aliphatic imine (C=N–C) groups is 1. The highest BCUT2D eigenvalue weighted by Crippen LogP contribution is 2.22. The maximum Gasteiger partial charge on any atom is 0.131 e. The second-order valence-corrected chi connectivity index (χ2v) is 7.34. The average Bonchev–Trinajstić information content (AvgIpc) is 3.23. The standard InChI is InChI=1S/C24H35N3O/c1-4-6-9-20(5-2)17-23(22-12-15-26-18-22)27-24(28)21-10-7-8-13-25-14-11-19(3)16-21/h4,6-7,9-11,13-14,16,22-24,26-28H,3,5,8,12,15,17-18H2,1-2H3/b6-4-,10-7-,14-11-,20-9+,21-16+,25-13-/t22-,23+,24?/m0/s1. The maximum absolute atomic E-state index is 11.0. The zero-order valence-corrected chi connectivity index (χ0v) is 17.3. The van der Waals surface area contributed by atoms with Gasteiger partial charge in [-0.2, -0.15) is 0 Å². The lowest BCUT2D eigenvalue weighted by Gasteiger charge is -2.29. The van der Waals surface area contributed by atoms with E-state index in [2.05, 4.69) is 47.4 Å². The molecule has 0 amide bonds. The van der Waals surface area contributed by atoms with E-state index in [0.717, 1.165) is 49.9 Å². The van der Waals surface area contributed by atoms with Gasteiger partial charge in [0.2, 0.25) is 0 Å². The van der Waals surface area contributed by atoms with E-state index in [4.69, 9.17) is 0 Å². The van der Waals surface area contributed by atoms with Crippen LogP contribution in [0.1, 0.15) is 39.5 Å². The first-order valence-corrected chi connectivity index (χ1v) is 10.3. The quantitative estimate of drug-likeness (QED) is 0.436. The summed E-state index contributed by atoms with van der Waals surface area (Å²) in [5.41, 5.74) is 3.05. The summed E-state index contributed by atoms with van der Waals surface area (Å²) in [6.45, 7) is 10.3. The monoisotopic (exact) mass is 381 g/mol. The Labute approximate surface area is 170 Å². The van der Waals surface area contributed by atoms with Crippen molar-refractivity contribution >= 4 is 6.21 Å². The summed E-state index contributed by atoms with van der Waals surface area (Å²) in [4.78, 5) is 4.18. The van der Waals surface area contributed by atoms with Crippen molar-refractivity contribution in [2.75, 3.05) is 13.1 Å². The fourth-order valence-corrected chi connectivity index (χ4v) is 3.53. The molecule has 0 bridgehead atoms. The van der Waals surface area contributed by atoms with Gasteiger partial charge in [-0.15, -0.1) is 0 Å². The van der Waals surface area contributed by atoms with Gasteiger partial charge in [-0.3, -0.25) is 10.3 Å². The van der Waals surface area contributed by atoms with Crippen LogP contribution in [0.2, 0.25) is 0 Å². The smallest absolute Gasteiger partial charge is 0.131 e. The molecule has 0 aromatic heterocycles. The minimum atomic E-state index is -0.733. The molecule has 28 heavy (non-hydrogen) atoms. The number of nitrogens with zero attached hydrogens (tertiary/aromatic N) is 1. The van der Waals surface area contributed by atoms with Crippen LogP contribution in [0.4, 0.5) is 0 Å². The number of nitrogens with one attached hydrogen (secondary N) is 2. The van der Waals surface area contributed by atoms with Crippen molar-refractivity contribution in [3.63, 3.8) is 0 Å². The van der Waals surface area contributed by atoms with Gasteiger partial charge >= 0.3 is 0 Å². The van der Waals surface area contributed by atoms with Gasteiger partial charge in [-0.05, 0) is 68.5 Å². The molecule has 1 fully saturated rings. The van der Waals surface area contributed by atoms with E-state index < -0.39 is 6.23 Å². The molecule has 2 aliphatic heterocycles. The molecule has 0 aromatic carbocycles. The van der Waals surface area contributed by atoms with Gasteiger partial charge in [0.25, 0.3) is 0 Å². The zero-order valence-electron chi connectivity index (χ0n) is 17.3. The molecule has 2 rings (SSSR count). The Morgan fingerprint density at radius 1 is 1.46 bits per heavy atom. The molecule has 4 nitrogen and oxygen atoms in total. The van der Waals surface area contributed by atoms with Crippen LogP contribution in [-0.2, 0) is 0 Å². The predicted molar refractivity (Wildman–Crippen MR) is 120 cm³/mol. The predicted octanol–water partition coefficient (Wildman–Crippen LogP) is 4.20. The molecule has 2 aliphatic rings. The summed E-state index contributed by atoms with van der Waals surface area (Å²) in [5, 5.41) is 17.9. The van der Waals surface area contributed by atoms with Gasteiger partial charge in [0.1, 0.15) is 6.23 Å². The highest BCUT2D eigenvalue weighted by Gasteiger charge is 2.27. The highest BCUT2D eigenvalue weighted by atomic mass is 16.3. The van der Waals surface area contributed by atoms with Gasteiger partial charge in [0.05, 0.1) is 0 Å². The molecular formula is C24H35N3O. The SMILES string of the molecule is C=C1/C=C\N=C/C/C=C\C(C(O)N[C@H](C/C(=C/C=C\C)CC)[C@H]2CCNC2)=C/1. The first-order chi connectivity index (χ1) is 13.6. The largest absolute Gasteiger partial charge is 0.374 e. The Hall–Kier alpha value is -2.01. The third-order valence-electron chi connectivity index (χ3n) is 5.20. The Bertz CT molecular complexity index is 676. The molecule has 2 heterocycles. The molecule has 1 saturated heterocycles. The Balaban J connectivity index is 2.16. The Morgan fingerprint density at radius 2 is 2.32 bits per heavy atom.